The number of nitrogens with two attached hydrogens (primary N) is 1. The molecule has 0 heterocycles. The Hall–Kier alpha value is -1.26. The molecule has 18 heavy (non-hydrogen) atoms. The lowest BCUT2D eigenvalue weighted by atomic mass is 10.0. The molecule has 1 atom stereocenters. The van der Waals surface area contributed by atoms with Crippen molar-refractivity contribution in [1.82, 2.24) is 0 Å². The third-order valence-electron chi connectivity index (χ3n) is 2.80. The van der Waals surface area contributed by atoms with Crippen LogP contribution in [0, 0.1) is 0 Å². The smallest absolute Gasteiger partial charge is 0.161 e. The zero-order valence-corrected chi connectivity index (χ0v) is 11.4. The Morgan fingerprint density at radius 2 is 1.94 bits per heavy atom. The van der Waals surface area contributed by atoms with Crippen molar-refractivity contribution in [2.75, 3.05) is 27.4 Å². The maximum atomic E-state index is 5.94. The molecule has 0 aliphatic rings. The zero-order chi connectivity index (χ0) is 13.4. The molecular formula is C14H23NO3. The first-order valence-corrected chi connectivity index (χ1v) is 6.25. The van der Waals surface area contributed by atoms with E-state index in [9.17, 15) is 0 Å². The number of methoxy groups -OCH3 is 2. The van der Waals surface area contributed by atoms with E-state index in [2.05, 4.69) is 6.92 Å². The van der Waals surface area contributed by atoms with Crippen LogP contribution < -0.4 is 15.2 Å². The summed E-state index contributed by atoms with van der Waals surface area (Å²) >= 11 is 0. The topological polar surface area (TPSA) is 53.7 Å². The normalized spacial score (nSPS) is 12.2. The molecule has 0 spiro atoms. The number of rotatable bonds is 8. The molecule has 4 nitrogen and oxygen atoms in total. The van der Waals surface area contributed by atoms with Crippen molar-refractivity contribution in [2.45, 2.75) is 25.8 Å². The van der Waals surface area contributed by atoms with E-state index in [1.165, 1.54) is 5.56 Å². The summed E-state index contributed by atoms with van der Waals surface area (Å²) in [5, 5.41) is 0. The van der Waals surface area contributed by atoms with E-state index in [0.717, 1.165) is 24.3 Å². The standard InChI is InChI=1S/C14H23NO3/c1-4-12(15)9-11-5-6-13(14(10-11)17-3)18-8-7-16-2/h5-6,10,12H,4,7-9,15H2,1-3H3. The molecule has 1 unspecified atom stereocenters. The summed E-state index contributed by atoms with van der Waals surface area (Å²) in [6, 6.07) is 6.12. The molecule has 0 radical (unpaired) electrons. The van der Waals surface area contributed by atoms with Crippen LogP contribution in [-0.4, -0.2) is 33.5 Å². The molecule has 0 saturated carbocycles. The summed E-state index contributed by atoms with van der Waals surface area (Å²) in [7, 11) is 3.29. The van der Waals surface area contributed by atoms with Gasteiger partial charge in [0.25, 0.3) is 0 Å². The molecule has 0 aliphatic carbocycles. The fourth-order valence-corrected chi connectivity index (χ4v) is 1.64. The van der Waals surface area contributed by atoms with Crippen LogP contribution >= 0.6 is 0 Å². The quantitative estimate of drug-likeness (QED) is 0.720. The van der Waals surface area contributed by atoms with Crippen LogP contribution in [0.4, 0.5) is 0 Å². The second kappa shape index (κ2) is 7.95. The largest absolute Gasteiger partial charge is 0.493 e. The first-order chi connectivity index (χ1) is 8.71. The van der Waals surface area contributed by atoms with Crippen LogP contribution in [0.3, 0.4) is 0 Å². The average Bonchev–Trinajstić information content (AvgIpc) is 2.40. The molecule has 1 aromatic rings. The Morgan fingerprint density at radius 3 is 2.56 bits per heavy atom. The van der Waals surface area contributed by atoms with Gasteiger partial charge in [0.05, 0.1) is 13.7 Å². The van der Waals surface area contributed by atoms with Crippen molar-refractivity contribution in [2.24, 2.45) is 5.73 Å². The third kappa shape index (κ3) is 4.55. The molecule has 102 valence electrons. The molecular weight excluding hydrogens is 230 g/mol. The summed E-state index contributed by atoms with van der Waals surface area (Å²) in [6.45, 7) is 3.16. The van der Waals surface area contributed by atoms with Crippen molar-refractivity contribution in [1.29, 1.82) is 0 Å². The summed E-state index contributed by atoms with van der Waals surface area (Å²) < 4.78 is 15.8. The number of hydrogen-bond acceptors (Lipinski definition) is 4. The maximum absolute atomic E-state index is 5.94. The van der Waals surface area contributed by atoms with Gasteiger partial charge in [-0.2, -0.15) is 0 Å². The van der Waals surface area contributed by atoms with E-state index < -0.39 is 0 Å². The third-order valence-corrected chi connectivity index (χ3v) is 2.80. The number of benzene rings is 1. The lowest BCUT2D eigenvalue weighted by Crippen LogP contribution is -2.21. The molecule has 0 bridgehead atoms. The monoisotopic (exact) mass is 253 g/mol. The lowest BCUT2D eigenvalue weighted by molar-refractivity contribution is 0.144. The highest BCUT2D eigenvalue weighted by molar-refractivity contribution is 5.43. The second-order valence-corrected chi connectivity index (χ2v) is 4.20. The zero-order valence-electron chi connectivity index (χ0n) is 11.4. The first-order valence-electron chi connectivity index (χ1n) is 6.25. The van der Waals surface area contributed by atoms with Gasteiger partial charge in [-0.3, -0.25) is 0 Å². The van der Waals surface area contributed by atoms with Crippen molar-refractivity contribution >= 4 is 0 Å². The minimum atomic E-state index is 0.190. The number of ether oxygens (including phenoxy) is 3. The maximum Gasteiger partial charge on any atom is 0.161 e. The Bertz CT molecular complexity index is 355. The lowest BCUT2D eigenvalue weighted by Gasteiger charge is -2.13. The first kappa shape index (κ1) is 14.8. The molecule has 0 saturated heterocycles. The van der Waals surface area contributed by atoms with E-state index in [0.29, 0.717) is 13.2 Å². The van der Waals surface area contributed by atoms with Gasteiger partial charge >= 0.3 is 0 Å². The van der Waals surface area contributed by atoms with E-state index in [4.69, 9.17) is 19.9 Å². The summed E-state index contributed by atoms with van der Waals surface area (Å²) in [5.41, 5.74) is 7.11. The van der Waals surface area contributed by atoms with Crippen LogP contribution in [0.15, 0.2) is 18.2 Å². The Balaban J connectivity index is 2.70. The highest BCUT2D eigenvalue weighted by atomic mass is 16.5. The van der Waals surface area contributed by atoms with E-state index in [1.807, 2.05) is 18.2 Å². The predicted octanol–water partition coefficient (Wildman–Crippen LogP) is 2.00. The van der Waals surface area contributed by atoms with Gasteiger partial charge < -0.3 is 19.9 Å². The van der Waals surface area contributed by atoms with Gasteiger partial charge in [-0.05, 0) is 30.5 Å². The molecule has 0 amide bonds. The molecule has 0 fully saturated rings. The van der Waals surface area contributed by atoms with Gasteiger partial charge in [0.2, 0.25) is 0 Å². The van der Waals surface area contributed by atoms with Crippen LogP contribution in [-0.2, 0) is 11.2 Å². The summed E-state index contributed by atoms with van der Waals surface area (Å²) in [4.78, 5) is 0. The van der Waals surface area contributed by atoms with Gasteiger partial charge in [-0.25, -0.2) is 0 Å². The molecule has 0 aliphatic heterocycles. The van der Waals surface area contributed by atoms with Crippen LogP contribution in [0.1, 0.15) is 18.9 Å². The minimum Gasteiger partial charge on any atom is -0.493 e. The fourth-order valence-electron chi connectivity index (χ4n) is 1.64. The van der Waals surface area contributed by atoms with Gasteiger partial charge in [0.1, 0.15) is 6.61 Å². The molecule has 2 N–H and O–H groups in total. The SMILES string of the molecule is CCC(N)Cc1ccc(OCCOC)c(OC)c1. The van der Waals surface area contributed by atoms with Crippen LogP contribution in [0.5, 0.6) is 11.5 Å². The van der Waals surface area contributed by atoms with Crippen LogP contribution in [0.25, 0.3) is 0 Å². The van der Waals surface area contributed by atoms with Gasteiger partial charge in [-0.1, -0.05) is 13.0 Å². The molecule has 1 aromatic carbocycles. The van der Waals surface area contributed by atoms with Gasteiger partial charge in [0, 0.05) is 13.2 Å². The average molecular weight is 253 g/mol. The van der Waals surface area contributed by atoms with E-state index in [1.54, 1.807) is 14.2 Å². The molecule has 0 aromatic heterocycles. The Labute approximate surface area is 109 Å². The Morgan fingerprint density at radius 1 is 1.17 bits per heavy atom. The van der Waals surface area contributed by atoms with Gasteiger partial charge in [0.15, 0.2) is 11.5 Å². The second-order valence-electron chi connectivity index (χ2n) is 4.20. The van der Waals surface area contributed by atoms with Gasteiger partial charge in [-0.15, -0.1) is 0 Å². The number of hydrogen-bond donors (Lipinski definition) is 1. The predicted molar refractivity (Wildman–Crippen MR) is 72.3 cm³/mol. The van der Waals surface area contributed by atoms with Crippen molar-refractivity contribution in [3.63, 3.8) is 0 Å². The van der Waals surface area contributed by atoms with E-state index >= 15 is 0 Å². The van der Waals surface area contributed by atoms with Crippen molar-refractivity contribution in [3.05, 3.63) is 23.8 Å². The van der Waals surface area contributed by atoms with Crippen molar-refractivity contribution in [3.8, 4) is 11.5 Å². The minimum absolute atomic E-state index is 0.190. The molecule has 4 heteroatoms. The molecule has 1 rings (SSSR count). The summed E-state index contributed by atoms with van der Waals surface area (Å²) in [5.74, 6) is 1.48. The van der Waals surface area contributed by atoms with Crippen molar-refractivity contribution < 1.29 is 14.2 Å². The highest BCUT2D eigenvalue weighted by Gasteiger charge is 2.08. The van der Waals surface area contributed by atoms with E-state index in [-0.39, 0.29) is 6.04 Å². The Kier molecular flexibility index (Phi) is 6.54. The highest BCUT2D eigenvalue weighted by Crippen LogP contribution is 2.28. The fraction of sp³-hybridized carbons (Fsp3) is 0.571. The summed E-state index contributed by atoms with van der Waals surface area (Å²) in [6.07, 6.45) is 1.82. The van der Waals surface area contributed by atoms with Crippen LogP contribution in [0.2, 0.25) is 0 Å².